The summed E-state index contributed by atoms with van der Waals surface area (Å²) in [7, 11) is 0. The van der Waals surface area contributed by atoms with Gasteiger partial charge in [0, 0.05) is 29.7 Å². The Kier molecular flexibility index (Phi) is 7.30. The second kappa shape index (κ2) is 10.8. The Bertz CT molecular complexity index is 1550. The number of carbonyl (C=O) groups is 1. The molecule has 0 radical (unpaired) electrons. The predicted octanol–water partition coefficient (Wildman–Crippen LogP) is 4.21. The first-order chi connectivity index (χ1) is 19.1. The first-order valence-electron chi connectivity index (χ1n) is 12.5. The maximum absolute atomic E-state index is 13.8. The number of carbonyl (C=O) groups excluding carboxylic acids is 1. The number of rotatable bonds is 7. The number of primary amides is 1. The first-order valence-corrected chi connectivity index (χ1v) is 12.5. The molecule has 1 fully saturated rings. The van der Waals surface area contributed by atoms with Gasteiger partial charge in [-0.3, -0.25) is 9.36 Å². The Labute approximate surface area is 227 Å². The maximum atomic E-state index is 13.8. The van der Waals surface area contributed by atoms with Crippen LogP contribution in [0.4, 0.5) is 30.6 Å². The van der Waals surface area contributed by atoms with Crippen LogP contribution in [0.25, 0.3) is 16.9 Å². The van der Waals surface area contributed by atoms with Crippen molar-refractivity contribution in [1.29, 1.82) is 0 Å². The molecule has 2 aromatic heterocycles. The van der Waals surface area contributed by atoms with Crippen LogP contribution in [0.1, 0.15) is 34.3 Å². The van der Waals surface area contributed by atoms with Crippen LogP contribution in [-0.2, 0) is 6.18 Å². The van der Waals surface area contributed by atoms with Gasteiger partial charge in [0.05, 0.1) is 11.1 Å². The zero-order valence-electron chi connectivity index (χ0n) is 21.5. The van der Waals surface area contributed by atoms with Crippen LogP contribution >= 0.6 is 0 Å². The summed E-state index contributed by atoms with van der Waals surface area (Å²) in [6, 6.07) is 8.50. The van der Waals surface area contributed by atoms with Crippen molar-refractivity contribution in [1.82, 2.24) is 24.8 Å². The van der Waals surface area contributed by atoms with Gasteiger partial charge in [0.2, 0.25) is 11.9 Å². The lowest BCUT2D eigenvalue weighted by molar-refractivity contribution is -0.137. The van der Waals surface area contributed by atoms with E-state index >= 15 is 0 Å². The van der Waals surface area contributed by atoms with E-state index in [1.807, 2.05) is 6.92 Å². The van der Waals surface area contributed by atoms with Crippen molar-refractivity contribution in [3.63, 3.8) is 0 Å². The average Bonchev–Trinajstić information content (AvgIpc) is 3.38. The highest BCUT2D eigenvalue weighted by molar-refractivity contribution is 6.02. The molecule has 5 rings (SSSR count). The molecule has 10 nitrogen and oxygen atoms in total. The van der Waals surface area contributed by atoms with Gasteiger partial charge in [-0.1, -0.05) is 12.1 Å². The molecule has 0 spiro atoms. The number of halogens is 3. The average molecular weight is 553 g/mol. The zero-order chi connectivity index (χ0) is 28.4. The summed E-state index contributed by atoms with van der Waals surface area (Å²) >= 11 is 0. The lowest BCUT2D eigenvalue weighted by atomic mass is 9.94. The molecule has 0 bridgehead atoms. The Morgan fingerprint density at radius 1 is 1.12 bits per heavy atom. The number of nitrogens with one attached hydrogen (secondary N) is 2. The Balaban J connectivity index is 1.60. The van der Waals surface area contributed by atoms with E-state index in [1.165, 1.54) is 6.33 Å². The van der Waals surface area contributed by atoms with Crippen LogP contribution in [0.3, 0.4) is 0 Å². The van der Waals surface area contributed by atoms with Crippen molar-refractivity contribution in [2.45, 2.75) is 32.0 Å². The van der Waals surface area contributed by atoms with Crippen molar-refractivity contribution in [3.8, 4) is 22.7 Å². The van der Waals surface area contributed by atoms with Gasteiger partial charge in [-0.05, 0) is 62.2 Å². The van der Waals surface area contributed by atoms with Crippen LogP contribution < -0.4 is 26.8 Å². The van der Waals surface area contributed by atoms with E-state index in [0.29, 0.717) is 48.9 Å². The summed E-state index contributed by atoms with van der Waals surface area (Å²) < 4.78 is 49.2. The predicted molar refractivity (Wildman–Crippen MR) is 144 cm³/mol. The molecule has 13 heteroatoms. The number of nitrogens with two attached hydrogens (primary N) is 2. The highest BCUT2D eigenvalue weighted by atomic mass is 19.4. The summed E-state index contributed by atoms with van der Waals surface area (Å²) in [6.45, 7) is 3.20. The number of amides is 1. The molecule has 0 aliphatic carbocycles. The summed E-state index contributed by atoms with van der Waals surface area (Å²) in [6.07, 6.45) is 0.800. The lowest BCUT2D eigenvalue weighted by Crippen LogP contribution is -2.34. The van der Waals surface area contributed by atoms with E-state index in [2.05, 4.69) is 25.6 Å². The van der Waals surface area contributed by atoms with Crippen LogP contribution in [0.2, 0.25) is 0 Å². The summed E-state index contributed by atoms with van der Waals surface area (Å²) in [5.41, 5.74) is 12.2. The van der Waals surface area contributed by atoms with E-state index < -0.39 is 17.6 Å². The molecule has 1 aliphatic rings. The number of nitrogen functional groups attached to an aromatic ring is 1. The molecule has 6 N–H and O–H groups in total. The quantitative estimate of drug-likeness (QED) is 0.267. The number of aryl methyl sites for hydroxylation is 1. The third kappa shape index (κ3) is 5.69. The number of aromatic nitrogens is 4. The largest absolute Gasteiger partial charge is 0.490 e. The number of nitrogens with zero attached hydrogens (tertiary/aromatic N) is 4. The molecule has 2 aromatic carbocycles. The third-order valence-electron chi connectivity index (χ3n) is 6.61. The maximum Gasteiger partial charge on any atom is 0.416 e. The molecule has 3 heterocycles. The number of alkyl halides is 3. The fourth-order valence-corrected chi connectivity index (χ4v) is 4.56. The standard InChI is InChI=1S/C27H27F3N8O2/c1-15-2-3-16(10-20(15)37-26-34-8-9-38(26)23-13-22(31)35-14-36-23)24-19(25(32)39)11-17(27(28,29)30)12-21(24)40-18-4-6-33-7-5-18/h2-3,8-14,18,33H,4-7H2,1H3,(H2,32,39)(H,34,37)(H2,31,35,36). The lowest BCUT2D eigenvalue weighted by Gasteiger charge is -2.26. The van der Waals surface area contributed by atoms with E-state index in [-0.39, 0.29) is 28.8 Å². The van der Waals surface area contributed by atoms with Crippen LogP contribution in [0, 0.1) is 6.92 Å². The normalized spacial score (nSPS) is 14.2. The number of hydrogen-bond acceptors (Lipinski definition) is 8. The van der Waals surface area contributed by atoms with E-state index in [4.69, 9.17) is 16.2 Å². The summed E-state index contributed by atoms with van der Waals surface area (Å²) in [5, 5.41) is 6.44. The van der Waals surface area contributed by atoms with Gasteiger partial charge < -0.3 is 26.8 Å². The van der Waals surface area contributed by atoms with Crippen LogP contribution in [0.5, 0.6) is 5.75 Å². The van der Waals surface area contributed by atoms with Crippen molar-refractivity contribution < 1.29 is 22.7 Å². The van der Waals surface area contributed by atoms with Crippen molar-refractivity contribution in [2.24, 2.45) is 5.73 Å². The second-order valence-corrected chi connectivity index (χ2v) is 9.40. The number of ether oxygens (including phenoxy) is 1. The van der Waals surface area contributed by atoms with E-state index in [0.717, 1.165) is 17.7 Å². The third-order valence-corrected chi connectivity index (χ3v) is 6.61. The summed E-state index contributed by atoms with van der Waals surface area (Å²) in [4.78, 5) is 25.0. The van der Waals surface area contributed by atoms with Gasteiger partial charge in [-0.2, -0.15) is 13.2 Å². The molecule has 1 aliphatic heterocycles. The highest BCUT2D eigenvalue weighted by Gasteiger charge is 2.34. The molecule has 4 aromatic rings. The SMILES string of the molecule is Cc1ccc(-c2c(OC3CCNCC3)cc(C(F)(F)F)cc2C(N)=O)cc1Nc1nccn1-c1cc(N)ncn1. The molecule has 1 saturated heterocycles. The molecule has 208 valence electrons. The Morgan fingerprint density at radius 2 is 1.90 bits per heavy atom. The fourth-order valence-electron chi connectivity index (χ4n) is 4.56. The number of benzene rings is 2. The van der Waals surface area contributed by atoms with Gasteiger partial charge in [0.25, 0.3) is 0 Å². The molecular formula is C27H27F3N8O2. The zero-order valence-corrected chi connectivity index (χ0v) is 21.5. The highest BCUT2D eigenvalue weighted by Crippen LogP contribution is 2.42. The Morgan fingerprint density at radius 3 is 2.60 bits per heavy atom. The van der Waals surface area contributed by atoms with Crippen LogP contribution in [-0.4, -0.2) is 44.6 Å². The smallest absolute Gasteiger partial charge is 0.416 e. The van der Waals surface area contributed by atoms with Gasteiger partial charge in [0.1, 0.15) is 29.8 Å². The molecule has 0 atom stereocenters. The molecule has 0 unspecified atom stereocenters. The van der Waals surface area contributed by atoms with E-state index in [9.17, 15) is 18.0 Å². The fraction of sp³-hybridized carbons (Fsp3) is 0.259. The molecule has 1 amide bonds. The first kappa shape index (κ1) is 26.9. The van der Waals surface area contributed by atoms with Gasteiger partial charge in [0.15, 0.2) is 0 Å². The van der Waals surface area contributed by atoms with Crippen molar-refractivity contribution >= 4 is 23.4 Å². The molecular weight excluding hydrogens is 525 g/mol. The minimum atomic E-state index is -4.70. The minimum Gasteiger partial charge on any atom is -0.490 e. The monoisotopic (exact) mass is 552 g/mol. The van der Waals surface area contributed by atoms with Crippen molar-refractivity contribution in [3.05, 3.63) is 71.8 Å². The minimum absolute atomic E-state index is 0.0525. The number of piperidine rings is 1. The number of hydrogen-bond donors (Lipinski definition) is 4. The Hall–Kier alpha value is -4.65. The van der Waals surface area contributed by atoms with Gasteiger partial charge in [-0.25, -0.2) is 15.0 Å². The van der Waals surface area contributed by atoms with Gasteiger partial charge in [-0.15, -0.1) is 0 Å². The van der Waals surface area contributed by atoms with Crippen LogP contribution in [0.15, 0.2) is 55.1 Å². The van der Waals surface area contributed by atoms with Gasteiger partial charge >= 0.3 is 6.18 Å². The molecule has 40 heavy (non-hydrogen) atoms. The topological polar surface area (TPSA) is 146 Å². The number of anilines is 3. The second-order valence-electron chi connectivity index (χ2n) is 9.40. The van der Waals surface area contributed by atoms with Crippen molar-refractivity contribution in [2.75, 3.05) is 24.1 Å². The molecule has 0 saturated carbocycles. The summed E-state index contributed by atoms with van der Waals surface area (Å²) in [5.74, 6) is 0.127. The number of imidazole rings is 1. The van der Waals surface area contributed by atoms with E-state index in [1.54, 1.807) is 41.2 Å².